The number of carboxylic acid groups (broad SMARTS) is 1. The van der Waals surface area contributed by atoms with Gasteiger partial charge in [-0.25, -0.2) is 4.79 Å². The highest BCUT2D eigenvalue weighted by molar-refractivity contribution is 6.04. The molecule has 0 saturated carbocycles. The topological polar surface area (TPSA) is 77.6 Å². The van der Waals surface area contributed by atoms with Crippen molar-refractivity contribution in [2.24, 2.45) is 0 Å². The fraction of sp³-hybridized carbons (Fsp3) is 0.219. The number of aromatic carboxylic acids is 1. The molecule has 0 radical (unpaired) electrons. The predicted octanol–water partition coefficient (Wildman–Crippen LogP) is 6.11. The first-order valence-electron chi connectivity index (χ1n) is 13.2. The summed E-state index contributed by atoms with van der Waals surface area (Å²) in [6.07, 6.45) is 1.31. The average Bonchev–Trinajstić information content (AvgIpc) is 3.35. The summed E-state index contributed by atoms with van der Waals surface area (Å²) in [5, 5.41) is 16.7. The Labute approximate surface area is 221 Å². The number of aromatic amines is 1. The van der Waals surface area contributed by atoms with Crippen molar-refractivity contribution in [3.8, 4) is 16.9 Å². The second-order valence-corrected chi connectivity index (χ2v) is 9.70. The van der Waals surface area contributed by atoms with Gasteiger partial charge in [0.2, 0.25) is 0 Å². The summed E-state index contributed by atoms with van der Waals surface area (Å²) in [7, 11) is 0. The van der Waals surface area contributed by atoms with Crippen LogP contribution in [0.15, 0.2) is 84.9 Å². The predicted molar refractivity (Wildman–Crippen MR) is 154 cm³/mol. The highest BCUT2D eigenvalue weighted by atomic mass is 16.5. The van der Waals surface area contributed by atoms with Gasteiger partial charge >= 0.3 is 5.97 Å². The SMILES string of the molecule is O=C(O)c1[nH]c2c(-c3ccccc3N3CCNCC3)cccc2c1CCCOc1cccc2ccccc12. The van der Waals surface area contributed by atoms with Gasteiger partial charge in [-0.3, -0.25) is 0 Å². The Morgan fingerprint density at radius 3 is 2.42 bits per heavy atom. The van der Waals surface area contributed by atoms with E-state index in [2.05, 4.69) is 57.7 Å². The molecule has 0 amide bonds. The zero-order valence-corrected chi connectivity index (χ0v) is 21.2. The van der Waals surface area contributed by atoms with E-state index >= 15 is 0 Å². The monoisotopic (exact) mass is 505 g/mol. The minimum absolute atomic E-state index is 0.261. The molecule has 0 bridgehead atoms. The van der Waals surface area contributed by atoms with Gasteiger partial charge in [-0.15, -0.1) is 0 Å². The number of H-pyrrole nitrogens is 1. The van der Waals surface area contributed by atoms with Crippen molar-refractivity contribution in [1.29, 1.82) is 0 Å². The second kappa shape index (κ2) is 10.6. The molecule has 1 saturated heterocycles. The summed E-state index contributed by atoms with van der Waals surface area (Å²) in [4.78, 5) is 17.9. The van der Waals surface area contributed by atoms with Crippen LogP contribution >= 0.6 is 0 Å². The molecule has 0 atom stereocenters. The van der Waals surface area contributed by atoms with Crippen LogP contribution in [0.4, 0.5) is 5.69 Å². The number of rotatable bonds is 8. The zero-order valence-electron chi connectivity index (χ0n) is 21.2. The van der Waals surface area contributed by atoms with Crippen molar-refractivity contribution in [1.82, 2.24) is 10.3 Å². The van der Waals surface area contributed by atoms with Gasteiger partial charge in [0.15, 0.2) is 0 Å². The summed E-state index contributed by atoms with van der Waals surface area (Å²) in [6, 6.07) is 28.8. The third kappa shape index (κ3) is 4.59. The number of hydrogen-bond donors (Lipinski definition) is 3. The first kappa shape index (κ1) is 24.1. The Hall–Kier alpha value is -4.29. The summed E-state index contributed by atoms with van der Waals surface area (Å²) in [6.45, 7) is 4.30. The molecule has 0 spiro atoms. The van der Waals surface area contributed by atoms with Crippen LogP contribution in [-0.4, -0.2) is 48.8 Å². The van der Waals surface area contributed by atoms with Gasteiger partial charge in [-0.05, 0) is 35.9 Å². The number of aryl methyl sites for hydroxylation is 1. The number of aromatic nitrogens is 1. The number of carbonyl (C=O) groups is 1. The number of hydrogen-bond acceptors (Lipinski definition) is 4. The van der Waals surface area contributed by atoms with Gasteiger partial charge in [0.05, 0.1) is 12.1 Å². The molecule has 0 aliphatic carbocycles. The molecule has 1 aromatic heterocycles. The Kier molecular flexibility index (Phi) is 6.71. The van der Waals surface area contributed by atoms with Gasteiger partial charge in [-0.2, -0.15) is 0 Å². The number of nitrogens with one attached hydrogen (secondary N) is 2. The van der Waals surface area contributed by atoms with Crippen LogP contribution in [0.2, 0.25) is 0 Å². The first-order valence-corrected chi connectivity index (χ1v) is 13.2. The Balaban J connectivity index is 1.29. The third-order valence-electron chi connectivity index (χ3n) is 7.39. The number of ether oxygens (including phenoxy) is 1. The van der Waals surface area contributed by atoms with Crippen LogP contribution in [0.25, 0.3) is 32.8 Å². The minimum Gasteiger partial charge on any atom is -0.493 e. The Morgan fingerprint density at radius 1 is 0.842 bits per heavy atom. The van der Waals surface area contributed by atoms with Crippen LogP contribution in [0.3, 0.4) is 0 Å². The molecule has 6 nitrogen and oxygen atoms in total. The summed E-state index contributed by atoms with van der Waals surface area (Å²) in [5.41, 5.74) is 5.28. The van der Waals surface area contributed by atoms with Crippen molar-refractivity contribution in [3.05, 3.63) is 96.2 Å². The van der Waals surface area contributed by atoms with E-state index in [1.54, 1.807) is 0 Å². The molecule has 1 aliphatic heterocycles. The number of nitrogens with zero attached hydrogens (tertiary/aromatic N) is 1. The lowest BCUT2D eigenvalue weighted by molar-refractivity contribution is 0.0690. The standard InChI is InChI=1S/C32H31N3O3/c36-32(37)31-27(14-7-21-38-29-16-5-9-22-8-1-2-10-23(22)29)26-13-6-12-25(30(26)34-31)24-11-3-4-15-28(24)35-19-17-33-18-20-35/h1-6,8-13,15-16,33-34H,7,14,17-21H2,(H,36,37). The van der Waals surface area contributed by atoms with Gasteiger partial charge in [0.1, 0.15) is 11.4 Å². The van der Waals surface area contributed by atoms with E-state index in [0.717, 1.165) is 70.3 Å². The normalized spacial score (nSPS) is 13.7. The molecule has 4 aromatic carbocycles. The van der Waals surface area contributed by atoms with E-state index in [4.69, 9.17) is 4.74 Å². The quantitative estimate of drug-likeness (QED) is 0.222. The van der Waals surface area contributed by atoms with E-state index in [0.29, 0.717) is 19.4 Å². The highest BCUT2D eigenvalue weighted by Crippen LogP contribution is 2.37. The molecular weight excluding hydrogens is 474 g/mol. The van der Waals surface area contributed by atoms with Crippen LogP contribution in [-0.2, 0) is 6.42 Å². The molecule has 5 aromatic rings. The number of anilines is 1. The van der Waals surface area contributed by atoms with Crippen LogP contribution in [0.1, 0.15) is 22.5 Å². The molecule has 2 heterocycles. The minimum atomic E-state index is -0.937. The van der Waals surface area contributed by atoms with Crippen molar-refractivity contribution >= 4 is 33.3 Å². The fourth-order valence-corrected chi connectivity index (χ4v) is 5.58. The number of fused-ring (bicyclic) bond motifs is 2. The van der Waals surface area contributed by atoms with Crippen LogP contribution < -0.4 is 15.0 Å². The van der Waals surface area contributed by atoms with E-state index in [1.807, 2.05) is 42.5 Å². The maximum absolute atomic E-state index is 12.3. The van der Waals surface area contributed by atoms with E-state index in [9.17, 15) is 9.90 Å². The largest absolute Gasteiger partial charge is 0.493 e. The second-order valence-electron chi connectivity index (χ2n) is 9.70. The number of carboxylic acids is 1. The number of para-hydroxylation sites is 2. The highest BCUT2D eigenvalue weighted by Gasteiger charge is 2.21. The van der Waals surface area contributed by atoms with Crippen molar-refractivity contribution in [2.75, 3.05) is 37.7 Å². The smallest absolute Gasteiger partial charge is 0.352 e. The van der Waals surface area contributed by atoms with Crippen LogP contribution in [0.5, 0.6) is 5.75 Å². The van der Waals surface area contributed by atoms with Gasteiger partial charge in [-0.1, -0.05) is 72.8 Å². The first-order chi connectivity index (χ1) is 18.7. The summed E-state index contributed by atoms with van der Waals surface area (Å²) in [5.74, 6) is -0.0835. The molecule has 3 N–H and O–H groups in total. The lowest BCUT2D eigenvalue weighted by Crippen LogP contribution is -2.43. The number of piperazine rings is 1. The van der Waals surface area contributed by atoms with Gasteiger partial charge < -0.3 is 25.0 Å². The molecule has 0 unspecified atom stereocenters. The van der Waals surface area contributed by atoms with E-state index < -0.39 is 5.97 Å². The van der Waals surface area contributed by atoms with Crippen molar-refractivity contribution in [3.63, 3.8) is 0 Å². The lowest BCUT2D eigenvalue weighted by Gasteiger charge is -2.31. The van der Waals surface area contributed by atoms with Crippen molar-refractivity contribution in [2.45, 2.75) is 12.8 Å². The average molecular weight is 506 g/mol. The Morgan fingerprint density at radius 2 is 1.55 bits per heavy atom. The molecule has 192 valence electrons. The molecular formula is C32H31N3O3. The van der Waals surface area contributed by atoms with Crippen LogP contribution in [0, 0.1) is 0 Å². The Bertz CT molecular complexity index is 1600. The molecule has 38 heavy (non-hydrogen) atoms. The van der Waals surface area contributed by atoms with Crippen molar-refractivity contribution < 1.29 is 14.6 Å². The van der Waals surface area contributed by atoms with Gasteiger partial charge in [0, 0.05) is 53.8 Å². The van der Waals surface area contributed by atoms with Gasteiger partial charge in [0.25, 0.3) is 0 Å². The summed E-state index contributed by atoms with van der Waals surface area (Å²) < 4.78 is 6.14. The molecule has 1 fully saturated rings. The lowest BCUT2D eigenvalue weighted by atomic mass is 9.98. The molecule has 6 heteroatoms. The zero-order chi connectivity index (χ0) is 25.9. The van der Waals surface area contributed by atoms with E-state index in [1.165, 1.54) is 5.69 Å². The molecule has 1 aliphatic rings. The number of benzene rings is 4. The third-order valence-corrected chi connectivity index (χ3v) is 7.39. The fourth-order valence-electron chi connectivity index (χ4n) is 5.58. The maximum Gasteiger partial charge on any atom is 0.352 e. The van der Waals surface area contributed by atoms with E-state index in [-0.39, 0.29) is 5.69 Å². The molecule has 6 rings (SSSR count). The maximum atomic E-state index is 12.3. The summed E-state index contributed by atoms with van der Waals surface area (Å²) >= 11 is 0.